The first-order valence-corrected chi connectivity index (χ1v) is 9.14. The van der Waals surface area contributed by atoms with E-state index in [1.165, 1.54) is 36.5 Å². The Morgan fingerprint density at radius 1 is 1.42 bits per heavy atom. The van der Waals surface area contributed by atoms with E-state index in [-0.39, 0.29) is 0 Å². The minimum Gasteiger partial charge on any atom is -0.314 e. The second-order valence-corrected chi connectivity index (χ2v) is 7.36. The van der Waals surface area contributed by atoms with Gasteiger partial charge in [-0.3, -0.25) is 4.98 Å². The molecule has 0 radical (unpaired) electrons. The summed E-state index contributed by atoms with van der Waals surface area (Å²) in [5.74, 6) is 3.60. The van der Waals surface area contributed by atoms with Crippen molar-refractivity contribution in [2.45, 2.75) is 38.6 Å². The van der Waals surface area contributed by atoms with Gasteiger partial charge < -0.3 is 5.32 Å². The van der Waals surface area contributed by atoms with Crippen LogP contribution < -0.4 is 5.32 Å². The molecule has 1 aliphatic heterocycles. The van der Waals surface area contributed by atoms with E-state index in [1.54, 1.807) is 0 Å². The van der Waals surface area contributed by atoms with E-state index in [0.29, 0.717) is 6.04 Å². The molecule has 1 fully saturated rings. The fourth-order valence-electron chi connectivity index (χ4n) is 2.69. The summed E-state index contributed by atoms with van der Waals surface area (Å²) < 4.78 is 1.06. The molecule has 0 amide bonds. The third-order valence-corrected chi connectivity index (χ3v) is 5.21. The molecule has 2 rings (SSSR count). The number of likely N-dealkylation sites (N-methyl/N-ethyl adjacent to an activating group) is 1. The molecule has 1 atom stereocenters. The van der Waals surface area contributed by atoms with Gasteiger partial charge in [-0.15, -0.1) is 0 Å². The van der Waals surface area contributed by atoms with E-state index in [9.17, 15) is 0 Å². The molecule has 0 saturated carbocycles. The van der Waals surface area contributed by atoms with Gasteiger partial charge in [-0.2, -0.15) is 11.8 Å². The fourth-order valence-corrected chi connectivity index (χ4v) is 4.13. The third kappa shape index (κ3) is 5.44. The quantitative estimate of drug-likeness (QED) is 0.848. The standard InChI is InChI=1S/C15H23BrN2S/c1-2-17-15(9-12-5-7-19-8-6-12)10-14-4-3-13(16)11-18-14/h3-4,11-12,15,17H,2,5-10H2,1H3. The van der Waals surface area contributed by atoms with E-state index in [4.69, 9.17) is 0 Å². The van der Waals surface area contributed by atoms with Crippen molar-refractivity contribution in [3.63, 3.8) is 0 Å². The topological polar surface area (TPSA) is 24.9 Å². The molecular formula is C15H23BrN2S. The Bertz CT molecular complexity index is 363. The van der Waals surface area contributed by atoms with Crippen molar-refractivity contribution in [1.29, 1.82) is 0 Å². The first-order chi connectivity index (χ1) is 9.28. The number of hydrogen-bond donors (Lipinski definition) is 1. The Hall–Kier alpha value is -0.0600. The first-order valence-electron chi connectivity index (χ1n) is 7.19. The summed E-state index contributed by atoms with van der Waals surface area (Å²) in [6.07, 6.45) is 7.02. The maximum atomic E-state index is 4.50. The highest BCUT2D eigenvalue weighted by molar-refractivity contribution is 9.10. The lowest BCUT2D eigenvalue weighted by Crippen LogP contribution is -2.34. The number of nitrogens with zero attached hydrogens (tertiary/aromatic N) is 1. The summed E-state index contributed by atoms with van der Waals surface area (Å²) in [7, 11) is 0. The molecule has 1 unspecified atom stereocenters. The Kier molecular flexibility index (Phi) is 6.68. The Morgan fingerprint density at radius 3 is 2.84 bits per heavy atom. The van der Waals surface area contributed by atoms with E-state index >= 15 is 0 Å². The van der Waals surface area contributed by atoms with Crippen LogP contribution in [-0.4, -0.2) is 29.1 Å². The summed E-state index contributed by atoms with van der Waals surface area (Å²) in [6.45, 7) is 3.24. The van der Waals surface area contributed by atoms with Crippen LogP contribution in [0.1, 0.15) is 31.9 Å². The minimum absolute atomic E-state index is 0.576. The highest BCUT2D eigenvalue weighted by Crippen LogP contribution is 2.27. The van der Waals surface area contributed by atoms with Gasteiger partial charge >= 0.3 is 0 Å². The maximum absolute atomic E-state index is 4.50. The molecule has 0 aliphatic carbocycles. The largest absolute Gasteiger partial charge is 0.314 e. The molecule has 19 heavy (non-hydrogen) atoms. The maximum Gasteiger partial charge on any atom is 0.0419 e. The van der Waals surface area contributed by atoms with Crippen LogP contribution in [0.2, 0.25) is 0 Å². The van der Waals surface area contributed by atoms with E-state index in [0.717, 1.165) is 23.4 Å². The predicted molar refractivity (Wildman–Crippen MR) is 87.8 cm³/mol. The zero-order valence-electron chi connectivity index (χ0n) is 11.6. The van der Waals surface area contributed by atoms with Gasteiger partial charge in [-0.25, -0.2) is 0 Å². The first kappa shape index (κ1) is 15.3. The predicted octanol–water partition coefficient (Wildman–Crippen LogP) is 3.90. The summed E-state index contributed by atoms with van der Waals surface area (Å²) >= 11 is 5.55. The molecule has 0 aromatic carbocycles. The molecular weight excluding hydrogens is 320 g/mol. The van der Waals surface area contributed by atoms with Crippen LogP contribution in [0.25, 0.3) is 0 Å². The van der Waals surface area contributed by atoms with Crippen molar-refractivity contribution in [2.24, 2.45) is 5.92 Å². The van der Waals surface area contributed by atoms with Gasteiger partial charge in [0.1, 0.15) is 0 Å². The monoisotopic (exact) mass is 342 g/mol. The molecule has 0 spiro atoms. The average molecular weight is 343 g/mol. The van der Waals surface area contributed by atoms with Gasteiger partial charge in [0.25, 0.3) is 0 Å². The van der Waals surface area contributed by atoms with Gasteiger partial charge in [0.05, 0.1) is 0 Å². The molecule has 1 saturated heterocycles. The molecule has 0 bridgehead atoms. The van der Waals surface area contributed by atoms with Gasteiger partial charge in [0, 0.05) is 28.8 Å². The molecule has 106 valence electrons. The number of nitrogens with one attached hydrogen (secondary N) is 1. The van der Waals surface area contributed by atoms with Crippen molar-refractivity contribution in [3.8, 4) is 0 Å². The highest BCUT2D eigenvalue weighted by atomic mass is 79.9. The number of aromatic nitrogens is 1. The second kappa shape index (κ2) is 8.28. The second-order valence-electron chi connectivity index (χ2n) is 5.22. The smallest absolute Gasteiger partial charge is 0.0419 e. The van der Waals surface area contributed by atoms with E-state index < -0.39 is 0 Å². The average Bonchev–Trinajstić information content (AvgIpc) is 2.43. The summed E-state index contributed by atoms with van der Waals surface area (Å²) in [4.78, 5) is 4.50. The van der Waals surface area contributed by atoms with Gasteiger partial charge in [-0.05, 0) is 71.3 Å². The van der Waals surface area contributed by atoms with Crippen molar-refractivity contribution in [3.05, 3.63) is 28.5 Å². The van der Waals surface area contributed by atoms with Crippen LogP contribution in [0.5, 0.6) is 0 Å². The van der Waals surface area contributed by atoms with Crippen molar-refractivity contribution < 1.29 is 0 Å². The summed E-state index contributed by atoms with van der Waals surface area (Å²) in [5, 5.41) is 3.63. The molecule has 2 heterocycles. The van der Waals surface area contributed by atoms with Crippen LogP contribution in [0, 0.1) is 5.92 Å². The van der Waals surface area contributed by atoms with Crippen LogP contribution in [0.4, 0.5) is 0 Å². The van der Waals surface area contributed by atoms with Crippen LogP contribution in [-0.2, 0) is 6.42 Å². The zero-order valence-corrected chi connectivity index (χ0v) is 14.0. The van der Waals surface area contributed by atoms with E-state index in [2.05, 4.69) is 57.0 Å². The Morgan fingerprint density at radius 2 is 2.21 bits per heavy atom. The Balaban J connectivity index is 1.89. The lowest BCUT2D eigenvalue weighted by molar-refractivity contribution is 0.365. The number of halogens is 1. The number of pyridine rings is 1. The minimum atomic E-state index is 0.576. The molecule has 1 N–H and O–H groups in total. The summed E-state index contributed by atoms with van der Waals surface area (Å²) in [6, 6.07) is 4.79. The fraction of sp³-hybridized carbons (Fsp3) is 0.667. The van der Waals surface area contributed by atoms with Crippen molar-refractivity contribution in [2.75, 3.05) is 18.1 Å². The highest BCUT2D eigenvalue weighted by Gasteiger charge is 2.19. The van der Waals surface area contributed by atoms with Crippen LogP contribution >= 0.6 is 27.7 Å². The third-order valence-electron chi connectivity index (χ3n) is 3.70. The van der Waals surface area contributed by atoms with Crippen molar-refractivity contribution >= 4 is 27.7 Å². The normalized spacial score (nSPS) is 18.4. The summed E-state index contributed by atoms with van der Waals surface area (Å²) in [5.41, 5.74) is 1.19. The lowest BCUT2D eigenvalue weighted by atomic mass is 9.92. The van der Waals surface area contributed by atoms with Gasteiger partial charge in [-0.1, -0.05) is 6.92 Å². The van der Waals surface area contributed by atoms with E-state index in [1.807, 2.05) is 6.20 Å². The number of thioether (sulfide) groups is 1. The number of hydrogen-bond acceptors (Lipinski definition) is 3. The van der Waals surface area contributed by atoms with Gasteiger partial charge in [0.2, 0.25) is 0 Å². The molecule has 2 nitrogen and oxygen atoms in total. The van der Waals surface area contributed by atoms with Gasteiger partial charge in [0.15, 0.2) is 0 Å². The Labute approximate surface area is 129 Å². The zero-order chi connectivity index (χ0) is 13.5. The lowest BCUT2D eigenvalue weighted by Gasteiger charge is -2.26. The molecule has 1 aromatic heterocycles. The number of rotatable bonds is 6. The molecule has 4 heteroatoms. The molecule has 1 aliphatic rings. The SMILES string of the molecule is CCNC(Cc1ccc(Br)cn1)CC1CCSCC1. The van der Waals surface area contributed by atoms with Crippen molar-refractivity contribution in [1.82, 2.24) is 10.3 Å². The molecule has 1 aromatic rings. The van der Waals surface area contributed by atoms with Crippen LogP contribution in [0.3, 0.4) is 0 Å². The van der Waals surface area contributed by atoms with Crippen LogP contribution in [0.15, 0.2) is 22.8 Å².